The van der Waals surface area contributed by atoms with E-state index >= 15 is 0 Å². The lowest BCUT2D eigenvalue weighted by Gasteiger charge is -2.32. The molecule has 0 spiro atoms. The van der Waals surface area contributed by atoms with Crippen molar-refractivity contribution in [1.82, 2.24) is 14.9 Å². The molecule has 2 aromatic carbocycles. The number of aromatic nitrogens is 2. The minimum atomic E-state index is 0.0405. The minimum absolute atomic E-state index is 0.0405. The maximum atomic E-state index is 13.0. The number of likely N-dealkylation sites (tertiary alicyclic amines) is 1. The Balaban J connectivity index is 1.51. The monoisotopic (exact) mass is 373 g/mol. The molecule has 142 valence electrons. The van der Waals surface area contributed by atoms with Crippen LogP contribution in [0.15, 0.2) is 61.1 Å². The number of carbonyl (C=O) groups excluding carboxylic acids is 1. The Bertz CT molecular complexity index is 971. The van der Waals surface area contributed by atoms with E-state index < -0.39 is 0 Å². The minimum Gasteiger partial charge on any atom is -0.507 e. The van der Waals surface area contributed by atoms with Gasteiger partial charge in [0.15, 0.2) is 0 Å². The van der Waals surface area contributed by atoms with Gasteiger partial charge in [0, 0.05) is 42.0 Å². The van der Waals surface area contributed by atoms with Crippen LogP contribution in [0.1, 0.15) is 40.4 Å². The Hall–Kier alpha value is -3.21. The quantitative estimate of drug-likeness (QED) is 0.748. The molecule has 1 atom stereocenters. The fourth-order valence-corrected chi connectivity index (χ4v) is 3.80. The van der Waals surface area contributed by atoms with Gasteiger partial charge in [0.25, 0.3) is 5.91 Å². The Labute approximate surface area is 164 Å². The number of carbonyl (C=O) groups is 1. The number of hydrogen-bond donors (Lipinski definition) is 1. The van der Waals surface area contributed by atoms with Gasteiger partial charge in [-0.05, 0) is 55.7 Å². The lowest BCUT2D eigenvalue weighted by atomic mass is 9.94. The van der Waals surface area contributed by atoms with E-state index in [9.17, 15) is 9.90 Å². The first-order valence-electron chi connectivity index (χ1n) is 9.57. The third-order valence-electron chi connectivity index (χ3n) is 5.33. The molecule has 0 radical (unpaired) electrons. The average molecular weight is 373 g/mol. The molecule has 1 saturated heterocycles. The molecule has 1 aliphatic rings. The van der Waals surface area contributed by atoms with Crippen molar-refractivity contribution in [2.75, 3.05) is 13.1 Å². The van der Waals surface area contributed by atoms with E-state index in [4.69, 9.17) is 0 Å². The first-order chi connectivity index (χ1) is 13.6. The van der Waals surface area contributed by atoms with Crippen molar-refractivity contribution in [3.63, 3.8) is 0 Å². The van der Waals surface area contributed by atoms with Crippen molar-refractivity contribution in [2.45, 2.75) is 25.7 Å². The van der Waals surface area contributed by atoms with Crippen LogP contribution in [0.2, 0.25) is 0 Å². The van der Waals surface area contributed by atoms with Gasteiger partial charge >= 0.3 is 0 Å². The predicted molar refractivity (Wildman–Crippen MR) is 108 cm³/mol. The number of aryl methyl sites for hydroxylation is 1. The van der Waals surface area contributed by atoms with E-state index in [0.717, 1.165) is 41.8 Å². The molecular weight excluding hydrogens is 350 g/mol. The topological polar surface area (TPSA) is 66.3 Å². The third-order valence-corrected chi connectivity index (χ3v) is 5.33. The van der Waals surface area contributed by atoms with Crippen molar-refractivity contribution in [3.8, 4) is 16.9 Å². The lowest BCUT2D eigenvalue weighted by Crippen LogP contribution is -2.39. The number of piperidine rings is 1. The summed E-state index contributed by atoms with van der Waals surface area (Å²) < 4.78 is 0. The molecule has 1 N–H and O–H groups in total. The number of phenolic OH excluding ortho intramolecular Hbond substituents is 1. The summed E-state index contributed by atoms with van der Waals surface area (Å²) in [5, 5.41) is 10.1. The maximum Gasteiger partial charge on any atom is 0.253 e. The van der Waals surface area contributed by atoms with Crippen LogP contribution in [0.5, 0.6) is 5.75 Å². The van der Waals surface area contributed by atoms with Gasteiger partial charge in [0.1, 0.15) is 12.1 Å². The number of nitrogens with zero attached hydrogens (tertiary/aromatic N) is 3. The van der Waals surface area contributed by atoms with Crippen molar-refractivity contribution in [3.05, 3.63) is 77.9 Å². The van der Waals surface area contributed by atoms with E-state index in [1.54, 1.807) is 18.6 Å². The highest BCUT2D eigenvalue weighted by atomic mass is 16.3. The summed E-state index contributed by atoms with van der Waals surface area (Å²) in [6.45, 7) is 3.43. The zero-order valence-corrected chi connectivity index (χ0v) is 15.9. The molecule has 1 amide bonds. The summed E-state index contributed by atoms with van der Waals surface area (Å²) >= 11 is 0. The highest BCUT2D eigenvalue weighted by molar-refractivity contribution is 5.95. The molecule has 1 aliphatic heterocycles. The number of rotatable bonds is 3. The number of benzene rings is 2. The Morgan fingerprint density at radius 1 is 1.14 bits per heavy atom. The van der Waals surface area contributed by atoms with Crippen LogP contribution in [-0.2, 0) is 0 Å². The summed E-state index contributed by atoms with van der Waals surface area (Å²) in [4.78, 5) is 23.2. The molecule has 0 bridgehead atoms. The van der Waals surface area contributed by atoms with E-state index in [1.807, 2.05) is 54.3 Å². The summed E-state index contributed by atoms with van der Waals surface area (Å²) in [6, 6.07) is 14.9. The molecule has 0 saturated carbocycles. The zero-order valence-electron chi connectivity index (χ0n) is 15.9. The molecule has 2 heterocycles. The van der Waals surface area contributed by atoms with E-state index in [-0.39, 0.29) is 17.6 Å². The van der Waals surface area contributed by atoms with Gasteiger partial charge in [-0.2, -0.15) is 0 Å². The number of aromatic hydroxyl groups is 1. The standard InChI is InChI=1S/C23H23N3O2/c1-16-4-9-22(27)20(13-16)17-5-7-18(8-6-17)23(28)26-12-2-3-19(14-26)21-10-11-24-15-25-21/h4-11,13,15,19,27H,2-3,12,14H2,1H3. The van der Waals surface area contributed by atoms with Crippen molar-refractivity contribution >= 4 is 5.91 Å². The summed E-state index contributed by atoms with van der Waals surface area (Å²) in [7, 11) is 0. The summed E-state index contributed by atoms with van der Waals surface area (Å²) in [5.74, 6) is 0.538. The molecule has 3 aromatic rings. The van der Waals surface area contributed by atoms with Crippen molar-refractivity contribution in [2.24, 2.45) is 0 Å². The Kier molecular flexibility index (Phi) is 5.06. The number of phenols is 1. The van der Waals surface area contributed by atoms with Gasteiger partial charge in [-0.3, -0.25) is 4.79 Å². The second-order valence-electron chi connectivity index (χ2n) is 7.32. The lowest BCUT2D eigenvalue weighted by molar-refractivity contribution is 0.0706. The fraction of sp³-hybridized carbons (Fsp3) is 0.261. The summed E-state index contributed by atoms with van der Waals surface area (Å²) in [6.07, 6.45) is 5.32. The first-order valence-corrected chi connectivity index (χ1v) is 9.57. The molecule has 4 rings (SSSR count). The van der Waals surface area contributed by atoms with Crippen LogP contribution in [0.3, 0.4) is 0 Å². The van der Waals surface area contributed by atoms with Crippen LogP contribution in [0.4, 0.5) is 0 Å². The van der Waals surface area contributed by atoms with Crippen molar-refractivity contribution < 1.29 is 9.90 Å². The van der Waals surface area contributed by atoms with Gasteiger partial charge < -0.3 is 10.0 Å². The van der Waals surface area contributed by atoms with Crippen molar-refractivity contribution in [1.29, 1.82) is 0 Å². The Morgan fingerprint density at radius 2 is 1.96 bits per heavy atom. The zero-order chi connectivity index (χ0) is 19.5. The Morgan fingerprint density at radius 3 is 2.71 bits per heavy atom. The van der Waals surface area contributed by atoms with Gasteiger partial charge in [0.2, 0.25) is 0 Å². The van der Waals surface area contributed by atoms with Gasteiger partial charge in [-0.1, -0.05) is 23.8 Å². The van der Waals surface area contributed by atoms with Gasteiger partial charge in [0.05, 0.1) is 0 Å². The molecular formula is C23H23N3O2. The van der Waals surface area contributed by atoms with E-state index in [1.165, 1.54) is 0 Å². The SMILES string of the molecule is Cc1ccc(O)c(-c2ccc(C(=O)N3CCCC(c4ccncn4)C3)cc2)c1. The second-order valence-corrected chi connectivity index (χ2v) is 7.32. The highest BCUT2D eigenvalue weighted by Crippen LogP contribution is 2.31. The van der Waals surface area contributed by atoms with Crippen LogP contribution in [0.25, 0.3) is 11.1 Å². The van der Waals surface area contributed by atoms with Crippen LogP contribution in [-0.4, -0.2) is 39.0 Å². The molecule has 1 unspecified atom stereocenters. The molecule has 0 aliphatic carbocycles. The van der Waals surface area contributed by atoms with Gasteiger partial charge in [-0.25, -0.2) is 9.97 Å². The largest absolute Gasteiger partial charge is 0.507 e. The van der Waals surface area contributed by atoms with E-state index in [2.05, 4.69) is 9.97 Å². The smallest absolute Gasteiger partial charge is 0.253 e. The number of amides is 1. The summed E-state index contributed by atoms with van der Waals surface area (Å²) in [5.41, 5.74) is 4.42. The molecule has 5 nitrogen and oxygen atoms in total. The molecule has 1 aromatic heterocycles. The van der Waals surface area contributed by atoms with Gasteiger partial charge in [-0.15, -0.1) is 0 Å². The molecule has 1 fully saturated rings. The predicted octanol–water partition coefficient (Wildman–Crippen LogP) is 4.18. The molecule has 28 heavy (non-hydrogen) atoms. The fourth-order valence-electron chi connectivity index (χ4n) is 3.80. The number of hydrogen-bond acceptors (Lipinski definition) is 4. The molecule has 5 heteroatoms. The maximum absolute atomic E-state index is 13.0. The van der Waals surface area contributed by atoms with Crippen LogP contribution < -0.4 is 0 Å². The highest BCUT2D eigenvalue weighted by Gasteiger charge is 2.26. The second kappa shape index (κ2) is 7.80. The average Bonchev–Trinajstić information content (AvgIpc) is 2.76. The third kappa shape index (κ3) is 3.74. The normalized spacial score (nSPS) is 16.8. The van der Waals surface area contributed by atoms with Crippen LogP contribution in [0, 0.1) is 6.92 Å². The van der Waals surface area contributed by atoms with Crippen LogP contribution >= 0.6 is 0 Å². The van der Waals surface area contributed by atoms with E-state index in [0.29, 0.717) is 12.1 Å². The first kappa shape index (κ1) is 18.2.